The van der Waals surface area contributed by atoms with Gasteiger partial charge in [-0.1, -0.05) is 84.1 Å². The van der Waals surface area contributed by atoms with Gasteiger partial charge in [-0.15, -0.1) is 0 Å². The summed E-state index contributed by atoms with van der Waals surface area (Å²) in [6.45, 7) is 4.57. The molecule has 0 aliphatic heterocycles. The molecule has 0 spiro atoms. The van der Waals surface area contributed by atoms with Crippen LogP contribution >= 0.6 is 0 Å². The Bertz CT molecular complexity index is 340. The first kappa shape index (κ1) is 24.9. The van der Waals surface area contributed by atoms with Crippen LogP contribution in [-0.2, 0) is 14.3 Å². The van der Waals surface area contributed by atoms with Crippen molar-refractivity contribution in [3.05, 3.63) is 11.5 Å². The zero-order valence-electron chi connectivity index (χ0n) is 15.0. The van der Waals surface area contributed by atoms with Crippen molar-refractivity contribution in [2.24, 2.45) is 0 Å². The van der Waals surface area contributed by atoms with Gasteiger partial charge in [0, 0.05) is 29.6 Å². The Morgan fingerprint density at radius 3 is 1.77 bits per heavy atom. The molecular formula is C17H34NaO3S. The van der Waals surface area contributed by atoms with Crippen LogP contribution < -0.4 is 0 Å². The molecule has 0 rings (SSSR count). The molecule has 0 saturated heterocycles. The van der Waals surface area contributed by atoms with E-state index in [-0.39, 0.29) is 29.6 Å². The smallest absolute Gasteiger partial charge is 0.267 e. The first-order chi connectivity index (χ1) is 10.1. The summed E-state index contributed by atoms with van der Waals surface area (Å²) < 4.78 is 27.8. The topological polar surface area (TPSA) is 43.4 Å². The molecule has 0 saturated carbocycles. The largest absolute Gasteiger partial charge is 0.289 e. The van der Waals surface area contributed by atoms with Crippen LogP contribution in [0, 0.1) is 0 Å². The molecule has 0 heterocycles. The predicted molar refractivity (Wildman–Crippen MR) is 96.5 cm³/mol. The van der Waals surface area contributed by atoms with Crippen molar-refractivity contribution in [1.29, 1.82) is 0 Å². The van der Waals surface area contributed by atoms with Crippen molar-refractivity contribution < 1.29 is 12.6 Å². The Hall–Kier alpha value is 0.650. The maximum Gasteiger partial charge on any atom is 0.289 e. The number of hydrogen-bond acceptors (Lipinski definition) is 3. The third-order valence-electron chi connectivity index (χ3n) is 3.46. The standard InChI is InChI=1S/C17H34O3S.Na/c1-3-5-7-8-9-10-11-12-13-14-16-20-21(18,19)17-15-6-4-2;/h15,17H,3-14,16H2,1-2H3;. The molecule has 0 aromatic heterocycles. The minimum atomic E-state index is -3.44. The van der Waals surface area contributed by atoms with Crippen molar-refractivity contribution in [1.82, 2.24) is 0 Å². The predicted octanol–water partition coefficient (Wildman–Crippen LogP) is 5.19. The second-order valence-corrected chi connectivity index (χ2v) is 7.15. The maximum atomic E-state index is 11.5. The molecule has 1 radical (unpaired) electrons. The van der Waals surface area contributed by atoms with E-state index in [0.29, 0.717) is 6.61 Å². The van der Waals surface area contributed by atoms with Crippen molar-refractivity contribution in [3.8, 4) is 0 Å². The molecule has 22 heavy (non-hydrogen) atoms. The fourth-order valence-electron chi connectivity index (χ4n) is 2.16. The van der Waals surface area contributed by atoms with Crippen LogP contribution in [0.5, 0.6) is 0 Å². The molecule has 3 nitrogen and oxygen atoms in total. The third-order valence-corrected chi connectivity index (χ3v) is 4.48. The normalized spacial score (nSPS) is 11.7. The van der Waals surface area contributed by atoms with Crippen LogP contribution in [0.1, 0.15) is 90.9 Å². The summed E-state index contributed by atoms with van der Waals surface area (Å²) in [6, 6.07) is 0. The molecule has 0 bridgehead atoms. The SMILES string of the molecule is CCCC=CS(=O)(=O)OCCCCCCCCCCCC.[Na]. The zero-order chi connectivity index (χ0) is 15.8. The second-order valence-electron chi connectivity index (χ2n) is 5.66. The fraction of sp³-hybridized carbons (Fsp3) is 0.882. The van der Waals surface area contributed by atoms with Gasteiger partial charge < -0.3 is 0 Å². The number of unbranched alkanes of at least 4 members (excludes halogenated alkanes) is 10. The molecule has 0 unspecified atom stereocenters. The van der Waals surface area contributed by atoms with Crippen LogP contribution in [0.25, 0.3) is 0 Å². The van der Waals surface area contributed by atoms with Crippen molar-refractivity contribution in [2.45, 2.75) is 90.9 Å². The van der Waals surface area contributed by atoms with E-state index in [2.05, 4.69) is 6.92 Å². The van der Waals surface area contributed by atoms with Crippen molar-refractivity contribution in [2.75, 3.05) is 6.61 Å². The summed E-state index contributed by atoms with van der Waals surface area (Å²) in [6.07, 6.45) is 15.8. The van der Waals surface area contributed by atoms with E-state index in [9.17, 15) is 8.42 Å². The van der Waals surface area contributed by atoms with Gasteiger partial charge in [-0.3, -0.25) is 4.18 Å². The molecule has 5 heteroatoms. The fourth-order valence-corrected chi connectivity index (χ4v) is 2.96. The van der Waals surface area contributed by atoms with E-state index in [1.54, 1.807) is 6.08 Å². The summed E-state index contributed by atoms with van der Waals surface area (Å²) in [7, 11) is -3.44. The summed E-state index contributed by atoms with van der Waals surface area (Å²) in [5, 5.41) is 1.19. The van der Waals surface area contributed by atoms with E-state index in [1.807, 2.05) is 6.92 Å². The Labute approximate surface area is 160 Å². The van der Waals surface area contributed by atoms with Gasteiger partial charge in [-0.2, -0.15) is 8.42 Å². The van der Waals surface area contributed by atoms with Gasteiger partial charge >= 0.3 is 0 Å². The zero-order valence-corrected chi connectivity index (χ0v) is 17.8. The van der Waals surface area contributed by atoms with Crippen LogP contribution in [0.3, 0.4) is 0 Å². The van der Waals surface area contributed by atoms with Gasteiger partial charge in [-0.05, 0) is 12.8 Å². The number of hydrogen-bond donors (Lipinski definition) is 0. The summed E-state index contributed by atoms with van der Waals surface area (Å²) in [5.41, 5.74) is 0. The molecule has 0 aromatic carbocycles. The summed E-state index contributed by atoms with van der Waals surface area (Å²) >= 11 is 0. The van der Waals surface area contributed by atoms with Gasteiger partial charge in [0.1, 0.15) is 0 Å². The number of allylic oxidation sites excluding steroid dienone is 1. The first-order valence-corrected chi connectivity index (χ1v) is 10.2. The van der Waals surface area contributed by atoms with E-state index in [1.165, 1.54) is 56.8 Å². The maximum absolute atomic E-state index is 11.5. The van der Waals surface area contributed by atoms with Gasteiger partial charge in [0.05, 0.1) is 12.0 Å². The van der Waals surface area contributed by atoms with Gasteiger partial charge in [-0.25, -0.2) is 0 Å². The molecule has 0 aromatic rings. The Balaban J connectivity index is 0. The van der Waals surface area contributed by atoms with E-state index >= 15 is 0 Å². The molecule has 0 aliphatic rings. The monoisotopic (exact) mass is 341 g/mol. The molecule has 0 atom stereocenters. The van der Waals surface area contributed by atoms with Crippen molar-refractivity contribution in [3.63, 3.8) is 0 Å². The molecule has 0 fully saturated rings. The van der Waals surface area contributed by atoms with Gasteiger partial charge in [0.25, 0.3) is 10.1 Å². The number of rotatable bonds is 15. The molecular weight excluding hydrogens is 307 g/mol. The second kappa shape index (κ2) is 18.0. The average molecular weight is 342 g/mol. The molecule has 127 valence electrons. The molecule has 0 N–H and O–H groups in total. The summed E-state index contributed by atoms with van der Waals surface area (Å²) in [4.78, 5) is 0. The minimum absolute atomic E-state index is 0. The quantitative estimate of drug-likeness (QED) is 0.234. The Morgan fingerprint density at radius 1 is 0.773 bits per heavy atom. The Kier molecular flexibility index (Phi) is 20.4. The van der Waals surface area contributed by atoms with Gasteiger partial charge in [0.2, 0.25) is 0 Å². The first-order valence-electron chi connectivity index (χ1n) is 8.68. The van der Waals surface area contributed by atoms with Crippen LogP contribution in [0.15, 0.2) is 11.5 Å². The molecule has 0 aliphatic carbocycles. The van der Waals surface area contributed by atoms with Crippen LogP contribution in [-0.4, -0.2) is 44.6 Å². The van der Waals surface area contributed by atoms with E-state index in [4.69, 9.17) is 4.18 Å². The molecule has 0 amide bonds. The Morgan fingerprint density at radius 2 is 1.27 bits per heavy atom. The summed E-state index contributed by atoms with van der Waals surface area (Å²) in [5.74, 6) is 0. The van der Waals surface area contributed by atoms with Gasteiger partial charge in [0.15, 0.2) is 0 Å². The van der Waals surface area contributed by atoms with Crippen molar-refractivity contribution >= 4 is 39.7 Å². The van der Waals surface area contributed by atoms with E-state index in [0.717, 1.165) is 25.7 Å². The van der Waals surface area contributed by atoms with Crippen LogP contribution in [0.2, 0.25) is 0 Å². The minimum Gasteiger partial charge on any atom is -0.267 e. The van der Waals surface area contributed by atoms with E-state index < -0.39 is 10.1 Å². The third kappa shape index (κ3) is 18.7. The van der Waals surface area contributed by atoms with Crippen LogP contribution in [0.4, 0.5) is 0 Å². The average Bonchev–Trinajstić information content (AvgIpc) is 2.45.